The third kappa shape index (κ3) is 3.65. The van der Waals surface area contributed by atoms with Crippen LogP contribution in [0.4, 0.5) is 10.5 Å². The van der Waals surface area contributed by atoms with Crippen molar-refractivity contribution in [1.82, 2.24) is 10.2 Å². The number of benzene rings is 3. The highest BCUT2D eigenvalue weighted by molar-refractivity contribution is 6.30. The number of halogens is 1. The van der Waals surface area contributed by atoms with E-state index in [1.807, 2.05) is 41.3 Å². The van der Waals surface area contributed by atoms with Crippen LogP contribution in [-0.4, -0.2) is 36.1 Å². The van der Waals surface area contributed by atoms with Gasteiger partial charge in [-0.05, 0) is 53.1 Å². The molecule has 6 heteroatoms. The molecule has 2 fully saturated rings. The standard InChI is InChI=1S/C25H21ClN4O/c26-20-8-10-21(11-9-20)29-25(31)30-22-14-28-15-23(30)24(22)18-6-4-17(5-7-18)19-3-1-2-16(12-19)13-27/h1-12,22-24,28H,14-15H2,(H,29,31)/t22-,23+,24?. The number of piperazine rings is 1. The summed E-state index contributed by atoms with van der Waals surface area (Å²) in [5.41, 5.74) is 4.76. The molecule has 1 unspecified atom stereocenters. The Labute approximate surface area is 186 Å². The van der Waals surface area contributed by atoms with E-state index in [4.69, 9.17) is 16.9 Å². The molecular weight excluding hydrogens is 408 g/mol. The average molecular weight is 429 g/mol. The maximum Gasteiger partial charge on any atom is 0.322 e. The van der Waals surface area contributed by atoms with Crippen LogP contribution in [0.25, 0.3) is 11.1 Å². The molecule has 0 saturated carbocycles. The van der Waals surface area contributed by atoms with E-state index in [2.05, 4.69) is 41.0 Å². The molecule has 2 amide bonds. The van der Waals surface area contributed by atoms with Crippen LogP contribution in [0.2, 0.25) is 5.02 Å². The fourth-order valence-electron chi connectivity index (χ4n) is 4.71. The predicted molar refractivity (Wildman–Crippen MR) is 122 cm³/mol. The second kappa shape index (κ2) is 8.07. The van der Waals surface area contributed by atoms with E-state index in [9.17, 15) is 4.79 Å². The molecule has 5 nitrogen and oxygen atoms in total. The lowest BCUT2D eigenvalue weighted by Gasteiger charge is -2.59. The number of hydrogen-bond acceptors (Lipinski definition) is 3. The fourth-order valence-corrected chi connectivity index (χ4v) is 4.84. The van der Waals surface area contributed by atoms with Gasteiger partial charge in [0, 0.05) is 29.7 Å². The topological polar surface area (TPSA) is 68.2 Å². The lowest BCUT2D eigenvalue weighted by molar-refractivity contribution is 0.00202. The maximum atomic E-state index is 12.9. The minimum Gasteiger partial charge on any atom is -0.315 e. The van der Waals surface area contributed by atoms with Gasteiger partial charge >= 0.3 is 6.03 Å². The number of piperidine rings is 1. The summed E-state index contributed by atoms with van der Waals surface area (Å²) >= 11 is 5.93. The normalized spacial score (nSPS) is 21.7. The van der Waals surface area contributed by atoms with Gasteiger partial charge in [0.05, 0.1) is 23.7 Å². The molecule has 3 aromatic carbocycles. The SMILES string of the molecule is N#Cc1cccc(-c2ccc(C3[C@H]4CNC[C@@H]3N4C(=O)Nc3ccc(Cl)cc3)cc2)c1. The van der Waals surface area contributed by atoms with Crippen molar-refractivity contribution in [2.24, 2.45) is 0 Å². The summed E-state index contributed by atoms with van der Waals surface area (Å²) in [6.07, 6.45) is 0. The second-order valence-electron chi connectivity index (χ2n) is 7.98. The summed E-state index contributed by atoms with van der Waals surface area (Å²) in [6, 6.07) is 25.7. The Bertz CT molecular complexity index is 1140. The first kappa shape index (κ1) is 19.6. The number of carbonyl (C=O) groups excluding carboxylic acids is 1. The fraction of sp³-hybridized carbons (Fsp3) is 0.200. The van der Waals surface area contributed by atoms with Crippen LogP contribution in [0.15, 0.2) is 72.8 Å². The Morgan fingerprint density at radius 2 is 1.71 bits per heavy atom. The van der Waals surface area contributed by atoms with Crippen molar-refractivity contribution in [2.75, 3.05) is 18.4 Å². The van der Waals surface area contributed by atoms with E-state index >= 15 is 0 Å². The van der Waals surface area contributed by atoms with Gasteiger partial charge < -0.3 is 15.5 Å². The Morgan fingerprint density at radius 3 is 2.39 bits per heavy atom. The molecule has 2 bridgehead atoms. The molecule has 2 N–H and O–H groups in total. The molecule has 31 heavy (non-hydrogen) atoms. The highest BCUT2D eigenvalue weighted by atomic mass is 35.5. The van der Waals surface area contributed by atoms with E-state index in [0.717, 1.165) is 29.9 Å². The minimum atomic E-state index is -0.0694. The first-order valence-corrected chi connectivity index (χ1v) is 10.7. The number of amides is 2. The number of nitrogens with one attached hydrogen (secondary N) is 2. The highest BCUT2D eigenvalue weighted by Gasteiger charge is 2.53. The number of rotatable bonds is 3. The van der Waals surface area contributed by atoms with E-state index in [0.29, 0.717) is 16.5 Å². The van der Waals surface area contributed by atoms with Gasteiger partial charge in [0.15, 0.2) is 0 Å². The van der Waals surface area contributed by atoms with Crippen LogP contribution in [0.3, 0.4) is 0 Å². The third-order valence-corrected chi connectivity index (χ3v) is 6.45. The van der Waals surface area contributed by atoms with Crippen molar-refractivity contribution in [2.45, 2.75) is 18.0 Å². The first-order valence-electron chi connectivity index (χ1n) is 10.3. The molecule has 154 valence electrons. The lowest BCUT2D eigenvalue weighted by Crippen LogP contribution is -2.74. The van der Waals surface area contributed by atoms with Gasteiger partial charge in [-0.1, -0.05) is 48.0 Å². The number of anilines is 1. The van der Waals surface area contributed by atoms with Crippen LogP contribution >= 0.6 is 11.6 Å². The summed E-state index contributed by atoms with van der Waals surface area (Å²) in [7, 11) is 0. The summed E-state index contributed by atoms with van der Waals surface area (Å²) in [5, 5.41) is 16.2. The molecule has 0 aliphatic carbocycles. The Kier molecular flexibility index (Phi) is 5.11. The molecular formula is C25H21ClN4O. The molecule has 2 aliphatic rings. The number of urea groups is 1. The average Bonchev–Trinajstić information content (AvgIpc) is 2.81. The van der Waals surface area contributed by atoms with Gasteiger partial charge in [-0.2, -0.15) is 5.26 Å². The Hall–Kier alpha value is -3.33. The van der Waals surface area contributed by atoms with E-state index < -0.39 is 0 Å². The first-order chi connectivity index (χ1) is 15.1. The van der Waals surface area contributed by atoms with Crippen molar-refractivity contribution in [3.63, 3.8) is 0 Å². The van der Waals surface area contributed by atoms with Gasteiger partial charge in [0.25, 0.3) is 0 Å². The Morgan fingerprint density at radius 1 is 1.00 bits per heavy atom. The van der Waals surface area contributed by atoms with Gasteiger partial charge in [0.1, 0.15) is 0 Å². The van der Waals surface area contributed by atoms with Crippen LogP contribution < -0.4 is 10.6 Å². The number of nitriles is 1. The smallest absolute Gasteiger partial charge is 0.315 e. The molecule has 0 aromatic heterocycles. The molecule has 0 radical (unpaired) electrons. The summed E-state index contributed by atoms with van der Waals surface area (Å²) in [4.78, 5) is 14.9. The van der Waals surface area contributed by atoms with Crippen molar-refractivity contribution in [3.8, 4) is 17.2 Å². The molecule has 3 aromatic rings. The zero-order chi connectivity index (χ0) is 21.4. The molecule has 2 heterocycles. The van der Waals surface area contributed by atoms with Crippen LogP contribution in [0, 0.1) is 11.3 Å². The van der Waals surface area contributed by atoms with Crippen molar-refractivity contribution in [3.05, 3.63) is 88.9 Å². The van der Waals surface area contributed by atoms with Crippen molar-refractivity contribution in [1.29, 1.82) is 5.26 Å². The number of likely N-dealkylation sites (tertiary alicyclic amines) is 1. The molecule has 2 aliphatic heterocycles. The minimum absolute atomic E-state index is 0.0694. The Balaban J connectivity index is 1.32. The summed E-state index contributed by atoms with van der Waals surface area (Å²) in [5.74, 6) is 0.316. The number of nitrogens with zero attached hydrogens (tertiary/aromatic N) is 2. The van der Waals surface area contributed by atoms with Crippen LogP contribution in [-0.2, 0) is 0 Å². The van der Waals surface area contributed by atoms with E-state index in [1.54, 1.807) is 12.1 Å². The maximum absolute atomic E-state index is 12.9. The third-order valence-electron chi connectivity index (χ3n) is 6.20. The van der Waals surface area contributed by atoms with Gasteiger partial charge in [-0.25, -0.2) is 4.79 Å². The van der Waals surface area contributed by atoms with E-state index in [-0.39, 0.29) is 18.1 Å². The van der Waals surface area contributed by atoms with Crippen LogP contribution in [0.5, 0.6) is 0 Å². The van der Waals surface area contributed by atoms with Gasteiger partial charge in [-0.3, -0.25) is 0 Å². The second-order valence-corrected chi connectivity index (χ2v) is 8.41. The monoisotopic (exact) mass is 428 g/mol. The highest BCUT2D eigenvalue weighted by Crippen LogP contribution is 2.43. The largest absolute Gasteiger partial charge is 0.322 e. The van der Waals surface area contributed by atoms with Crippen LogP contribution in [0.1, 0.15) is 17.0 Å². The molecule has 5 rings (SSSR count). The molecule has 3 atom stereocenters. The molecule has 0 spiro atoms. The summed E-state index contributed by atoms with van der Waals surface area (Å²) < 4.78 is 0. The number of fused-ring (bicyclic) bond motifs is 2. The molecule has 2 saturated heterocycles. The van der Waals surface area contributed by atoms with Gasteiger partial charge in [0.2, 0.25) is 0 Å². The quantitative estimate of drug-likeness (QED) is 0.626. The number of carbonyl (C=O) groups is 1. The summed E-state index contributed by atoms with van der Waals surface area (Å²) in [6.45, 7) is 1.56. The predicted octanol–water partition coefficient (Wildman–Crippen LogP) is 4.85. The van der Waals surface area contributed by atoms with Gasteiger partial charge in [-0.15, -0.1) is 0 Å². The lowest BCUT2D eigenvalue weighted by atomic mass is 9.72. The zero-order valence-corrected chi connectivity index (χ0v) is 17.5. The number of hydrogen-bond donors (Lipinski definition) is 2. The van der Waals surface area contributed by atoms with E-state index in [1.165, 1.54) is 5.56 Å². The zero-order valence-electron chi connectivity index (χ0n) is 16.8. The van der Waals surface area contributed by atoms with Crippen molar-refractivity contribution < 1.29 is 4.79 Å². The van der Waals surface area contributed by atoms with Crippen molar-refractivity contribution >= 4 is 23.3 Å².